The molecule has 0 saturated carbocycles. The Hall–Kier alpha value is -1.31. The summed E-state index contributed by atoms with van der Waals surface area (Å²) in [6.07, 6.45) is 1.98. The van der Waals surface area contributed by atoms with Gasteiger partial charge in [0.25, 0.3) is 0 Å². The molecule has 0 fully saturated rings. The summed E-state index contributed by atoms with van der Waals surface area (Å²) in [6, 6.07) is 4.32. The highest BCUT2D eigenvalue weighted by Gasteiger charge is 2.52. The second kappa shape index (κ2) is 4.34. The molecule has 1 aromatic carbocycles. The number of carbonyl (C=O) groups excluding carboxylic acids is 1. The lowest BCUT2D eigenvalue weighted by atomic mass is 9.51. The number of rotatable bonds is 2. The van der Waals surface area contributed by atoms with E-state index >= 15 is 0 Å². The summed E-state index contributed by atoms with van der Waals surface area (Å²) in [5.41, 5.74) is 3.07. The van der Waals surface area contributed by atoms with E-state index in [0.717, 1.165) is 18.5 Å². The molecule has 0 saturated heterocycles. The van der Waals surface area contributed by atoms with Crippen LogP contribution in [0.2, 0.25) is 0 Å². The molecule has 2 nitrogen and oxygen atoms in total. The molecular weight excluding hydrogens is 248 g/mol. The summed E-state index contributed by atoms with van der Waals surface area (Å²) in [7, 11) is 1.73. The first-order valence-electron chi connectivity index (χ1n) is 7.25. The highest BCUT2D eigenvalue weighted by atomic mass is 16.5. The Morgan fingerprint density at radius 3 is 2.25 bits per heavy atom. The summed E-state index contributed by atoms with van der Waals surface area (Å²) in [5, 5.41) is 0. The van der Waals surface area contributed by atoms with Crippen molar-refractivity contribution in [3.05, 3.63) is 28.8 Å². The van der Waals surface area contributed by atoms with E-state index in [1.165, 1.54) is 16.7 Å². The van der Waals surface area contributed by atoms with Gasteiger partial charge in [-0.2, -0.15) is 0 Å². The highest BCUT2D eigenvalue weighted by molar-refractivity contribution is 5.67. The minimum Gasteiger partial charge on any atom is -0.496 e. The van der Waals surface area contributed by atoms with Crippen molar-refractivity contribution in [2.75, 3.05) is 7.11 Å². The molecule has 0 aliphatic heterocycles. The van der Waals surface area contributed by atoms with Crippen LogP contribution in [0.4, 0.5) is 0 Å². The van der Waals surface area contributed by atoms with Crippen LogP contribution in [0.3, 0.4) is 0 Å². The molecule has 1 aliphatic carbocycles. The average molecular weight is 274 g/mol. The zero-order valence-corrected chi connectivity index (χ0v) is 13.8. The molecule has 0 radical (unpaired) electrons. The molecule has 0 N–H and O–H groups in total. The van der Waals surface area contributed by atoms with Gasteiger partial charge < -0.3 is 9.53 Å². The Morgan fingerprint density at radius 2 is 1.75 bits per heavy atom. The topological polar surface area (TPSA) is 26.3 Å². The molecular formula is C18H26O2. The number of hydrogen-bond acceptors (Lipinski definition) is 2. The maximum Gasteiger partial charge on any atom is 0.126 e. The van der Waals surface area contributed by atoms with Crippen LogP contribution in [0.1, 0.15) is 57.7 Å². The number of hydrogen-bond donors (Lipinski definition) is 0. The van der Waals surface area contributed by atoms with E-state index in [1.807, 2.05) is 0 Å². The average Bonchev–Trinajstić information content (AvgIpc) is 2.35. The molecule has 0 spiro atoms. The molecule has 0 heterocycles. The van der Waals surface area contributed by atoms with Crippen molar-refractivity contribution >= 4 is 6.29 Å². The first-order valence-corrected chi connectivity index (χ1v) is 7.25. The van der Waals surface area contributed by atoms with E-state index in [9.17, 15) is 4.79 Å². The maximum atomic E-state index is 11.8. The third-order valence-corrected chi connectivity index (χ3v) is 5.31. The monoisotopic (exact) mass is 274 g/mol. The van der Waals surface area contributed by atoms with Gasteiger partial charge in [0.2, 0.25) is 0 Å². The van der Waals surface area contributed by atoms with Crippen LogP contribution in [-0.4, -0.2) is 13.4 Å². The predicted octanol–water partition coefficient (Wildman–Crippen LogP) is 4.17. The van der Waals surface area contributed by atoms with Gasteiger partial charge >= 0.3 is 0 Å². The molecule has 2 heteroatoms. The van der Waals surface area contributed by atoms with Crippen molar-refractivity contribution in [3.63, 3.8) is 0 Å². The molecule has 1 aromatic rings. The van der Waals surface area contributed by atoms with Gasteiger partial charge in [0, 0.05) is 16.4 Å². The molecule has 110 valence electrons. The first kappa shape index (κ1) is 15.1. The molecule has 20 heavy (non-hydrogen) atoms. The second-order valence-corrected chi connectivity index (χ2v) is 7.61. The Bertz CT molecular complexity index is 555. The minimum atomic E-state index is -0.359. The number of fused-ring (bicyclic) bond motifs is 1. The predicted molar refractivity (Wildman–Crippen MR) is 82.6 cm³/mol. The summed E-state index contributed by atoms with van der Waals surface area (Å²) in [5.74, 6) is 0.950. The van der Waals surface area contributed by atoms with Gasteiger partial charge in [-0.15, -0.1) is 0 Å². The number of carbonyl (C=O) groups is 1. The lowest BCUT2D eigenvalue weighted by molar-refractivity contribution is -0.120. The van der Waals surface area contributed by atoms with E-state index in [-0.39, 0.29) is 16.2 Å². The summed E-state index contributed by atoms with van der Waals surface area (Å²) >= 11 is 0. The van der Waals surface area contributed by atoms with Crippen molar-refractivity contribution in [1.29, 1.82) is 0 Å². The first-order chi connectivity index (χ1) is 9.09. The van der Waals surface area contributed by atoms with Gasteiger partial charge in [-0.05, 0) is 36.0 Å². The van der Waals surface area contributed by atoms with Crippen LogP contribution < -0.4 is 4.74 Å². The fraction of sp³-hybridized carbons (Fsp3) is 0.611. The van der Waals surface area contributed by atoms with Gasteiger partial charge in [0.05, 0.1) is 7.11 Å². The van der Waals surface area contributed by atoms with Crippen LogP contribution in [0, 0.1) is 12.3 Å². The van der Waals surface area contributed by atoms with Crippen molar-refractivity contribution < 1.29 is 9.53 Å². The maximum absolute atomic E-state index is 11.8. The molecule has 0 amide bonds. The Kier molecular flexibility index (Phi) is 3.27. The quantitative estimate of drug-likeness (QED) is 0.757. The molecule has 0 bridgehead atoms. The molecule has 1 atom stereocenters. The van der Waals surface area contributed by atoms with Crippen LogP contribution in [0.15, 0.2) is 12.1 Å². The Morgan fingerprint density at radius 1 is 1.15 bits per heavy atom. The van der Waals surface area contributed by atoms with Crippen LogP contribution in [0.5, 0.6) is 5.75 Å². The van der Waals surface area contributed by atoms with E-state index < -0.39 is 0 Å². The molecule has 0 aromatic heterocycles. The number of aldehydes is 1. The van der Waals surface area contributed by atoms with Crippen molar-refractivity contribution in [3.8, 4) is 5.75 Å². The lowest BCUT2D eigenvalue weighted by Crippen LogP contribution is -2.50. The largest absolute Gasteiger partial charge is 0.496 e. The number of ether oxygens (including phenoxy) is 1. The third kappa shape index (κ3) is 1.88. The lowest BCUT2D eigenvalue weighted by Gasteiger charge is -2.52. The second-order valence-electron chi connectivity index (χ2n) is 7.61. The van der Waals surface area contributed by atoms with Gasteiger partial charge in [-0.25, -0.2) is 0 Å². The normalized spacial score (nSPS) is 26.8. The molecule has 1 aliphatic rings. The van der Waals surface area contributed by atoms with Crippen molar-refractivity contribution in [1.82, 2.24) is 0 Å². The molecule has 2 rings (SSSR count). The van der Waals surface area contributed by atoms with Gasteiger partial charge in [-0.1, -0.05) is 40.7 Å². The zero-order valence-electron chi connectivity index (χ0n) is 13.8. The van der Waals surface area contributed by atoms with Crippen molar-refractivity contribution in [2.45, 2.75) is 58.8 Å². The molecule has 1 unspecified atom stereocenters. The third-order valence-electron chi connectivity index (χ3n) is 5.31. The van der Waals surface area contributed by atoms with E-state index in [0.29, 0.717) is 0 Å². The summed E-state index contributed by atoms with van der Waals surface area (Å²) in [6.45, 7) is 12.9. The zero-order chi connectivity index (χ0) is 15.3. The van der Waals surface area contributed by atoms with Crippen LogP contribution in [0.25, 0.3) is 0 Å². The number of benzene rings is 1. The van der Waals surface area contributed by atoms with E-state index in [2.05, 4.69) is 53.7 Å². The van der Waals surface area contributed by atoms with Gasteiger partial charge in [0.15, 0.2) is 0 Å². The Balaban J connectivity index is 2.85. The van der Waals surface area contributed by atoms with Crippen LogP contribution >= 0.6 is 0 Å². The fourth-order valence-corrected chi connectivity index (χ4v) is 3.83. The highest BCUT2D eigenvalue weighted by Crippen LogP contribution is 2.57. The summed E-state index contributed by atoms with van der Waals surface area (Å²) < 4.78 is 5.64. The minimum absolute atomic E-state index is 0.0699. The smallest absolute Gasteiger partial charge is 0.126 e. The SMILES string of the molecule is COc1cc(C)cc2c1C(C)(C)CC(C)(C=O)C2(C)C. The van der Waals surface area contributed by atoms with Crippen LogP contribution in [-0.2, 0) is 15.6 Å². The van der Waals surface area contributed by atoms with Crippen molar-refractivity contribution in [2.24, 2.45) is 5.41 Å². The standard InChI is InChI=1S/C18H26O2/c1-12-8-13-15(14(9-12)20-7)16(2,3)10-18(6,11-19)17(13,4)5/h8-9,11H,10H2,1-7H3. The number of methoxy groups -OCH3 is 1. The van der Waals surface area contributed by atoms with E-state index in [1.54, 1.807) is 7.11 Å². The van der Waals surface area contributed by atoms with Gasteiger partial charge in [-0.3, -0.25) is 0 Å². The summed E-state index contributed by atoms with van der Waals surface area (Å²) in [4.78, 5) is 11.8. The van der Waals surface area contributed by atoms with Gasteiger partial charge in [0.1, 0.15) is 12.0 Å². The number of aryl methyl sites for hydroxylation is 1. The van der Waals surface area contributed by atoms with E-state index in [4.69, 9.17) is 4.74 Å². The fourth-order valence-electron chi connectivity index (χ4n) is 3.83. The Labute approximate surface area is 122 Å².